The molecule has 0 aromatic rings. The third-order valence-corrected chi connectivity index (χ3v) is 5.78. The molecule has 4 heteroatoms. The molecule has 0 radical (unpaired) electrons. The molecule has 1 rings (SSSR count). The topological polar surface area (TPSA) is 74.6 Å². The highest BCUT2D eigenvalue weighted by Gasteiger charge is 2.30. The van der Waals surface area contributed by atoms with E-state index in [1.807, 2.05) is 0 Å². The highest BCUT2D eigenvalue weighted by Crippen LogP contribution is 2.23. The van der Waals surface area contributed by atoms with E-state index in [9.17, 15) is 19.8 Å². The Morgan fingerprint density at radius 1 is 0.821 bits per heavy atom. The summed E-state index contributed by atoms with van der Waals surface area (Å²) in [6, 6.07) is 0. The van der Waals surface area contributed by atoms with Gasteiger partial charge in [-0.1, -0.05) is 96.8 Å². The molecule has 0 aliphatic heterocycles. The minimum absolute atomic E-state index is 0.144. The highest BCUT2D eigenvalue weighted by atomic mass is 16.3. The monoisotopic (exact) mass is 394 g/mol. The van der Waals surface area contributed by atoms with Gasteiger partial charge in [0.25, 0.3) is 0 Å². The molecule has 1 atom stereocenters. The van der Waals surface area contributed by atoms with Gasteiger partial charge in [0.15, 0.2) is 11.6 Å². The second-order valence-electron chi connectivity index (χ2n) is 8.36. The van der Waals surface area contributed by atoms with Gasteiger partial charge in [0.1, 0.15) is 17.4 Å². The van der Waals surface area contributed by atoms with Crippen LogP contribution in [0.1, 0.15) is 122 Å². The van der Waals surface area contributed by atoms with Crippen LogP contribution in [0, 0.1) is 0 Å². The van der Waals surface area contributed by atoms with Crippen LogP contribution >= 0.6 is 0 Å². The number of Topliss-reactive ketones (excluding diaryl/α,β-unsaturated/α-hetero) is 2. The first-order valence-corrected chi connectivity index (χ1v) is 11.8. The van der Waals surface area contributed by atoms with Crippen molar-refractivity contribution in [3.63, 3.8) is 0 Å². The Bertz CT molecular complexity index is 481. The van der Waals surface area contributed by atoms with Crippen LogP contribution in [0.5, 0.6) is 0 Å². The Balaban J connectivity index is 1.93. The predicted octanol–water partition coefficient (Wildman–Crippen LogP) is 6.35. The van der Waals surface area contributed by atoms with Crippen molar-refractivity contribution in [3.05, 3.63) is 11.3 Å². The van der Waals surface area contributed by atoms with Gasteiger partial charge >= 0.3 is 0 Å². The molecule has 0 saturated carbocycles. The van der Waals surface area contributed by atoms with Crippen LogP contribution in [0.4, 0.5) is 0 Å². The van der Waals surface area contributed by atoms with Crippen molar-refractivity contribution >= 4 is 11.6 Å². The molecule has 2 N–H and O–H groups in total. The van der Waals surface area contributed by atoms with E-state index in [0.717, 1.165) is 19.3 Å². The zero-order chi connectivity index (χ0) is 20.6. The summed E-state index contributed by atoms with van der Waals surface area (Å²) in [5.74, 6) is -1.05. The van der Waals surface area contributed by atoms with Gasteiger partial charge in [-0.05, 0) is 12.8 Å². The SMILES string of the molecule is CCCCCCCCCCCCCCCCCC(=O)C1=C(O)[C@@H](O)CCC1=O. The minimum atomic E-state index is -1.06. The number of carbonyl (C=O) groups excluding carboxylic acids is 2. The lowest BCUT2D eigenvalue weighted by Gasteiger charge is -2.18. The first kappa shape index (κ1) is 24.9. The quantitative estimate of drug-likeness (QED) is 0.222. The summed E-state index contributed by atoms with van der Waals surface area (Å²) in [6.45, 7) is 2.26. The molecule has 1 aliphatic carbocycles. The Hall–Kier alpha value is -1.16. The molecule has 0 bridgehead atoms. The number of aliphatic hydroxyl groups is 2. The van der Waals surface area contributed by atoms with Crippen LogP contribution in [-0.4, -0.2) is 27.9 Å². The maximum atomic E-state index is 12.1. The van der Waals surface area contributed by atoms with E-state index < -0.39 is 11.9 Å². The Morgan fingerprint density at radius 3 is 1.71 bits per heavy atom. The van der Waals surface area contributed by atoms with Crippen LogP contribution in [0.15, 0.2) is 11.3 Å². The summed E-state index contributed by atoms with van der Waals surface area (Å²) in [7, 11) is 0. The number of hydrogen-bond acceptors (Lipinski definition) is 4. The van der Waals surface area contributed by atoms with Crippen molar-refractivity contribution < 1.29 is 19.8 Å². The van der Waals surface area contributed by atoms with Crippen LogP contribution in [0.25, 0.3) is 0 Å². The smallest absolute Gasteiger partial charge is 0.170 e. The minimum Gasteiger partial charge on any atom is -0.509 e. The molecule has 0 heterocycles. The van der Waals surface area contributed by atoms with Gasteiger partial charge in [-0.3, -0.25) is 9.59 Å². The molecule has 0 amide bonds. The number of carbonyl (C=O) groups is 2. The number of rotatable bonds is 17. The average molecular weight is 395 g/mol. The largest absolute Gasteiger partial charge is 0.509 e. The molecule has 0 unspecified atom stereocenters. The number of unbranched alkanes of at least 4 members (excludes halogenated alkanes) is 14. The maximum absolute atomic E-state index is 12.1. The third-order valence-electron chi connectivity index (χ3n) is 5.78. The van der Waals surface area contributed by atoms with Crippen molar-refractivity contribution in [3.8, 4) is 0 Å². The van der Waals surface area contributed by atoms with Gasteiger partial charge in [-0.2, -0.15) is 0 Å². The van der Waals surface area contributed by atoms with E-state index >= 15 is 0 Å². The number of aliphatic hydroxyl groups excluding tert-OH is 2. The standard InChI is InChI=1S/C24H42O4/c1-2-3-4-5-6-7-8-9-10-11-12-13-14-15-16-17-20(25)23-21(26)18-19-22(27)24(23)28/h22,27-28H,2-19H2,1H3/t22-/m0/s1. The molecule has 0 fully saturated rings. The molecule has 1 aliphatic rings. The summed E-state index contributed by atoms with van der Waals surface area (Å²) in [6.07, 6.45) is 18.6. The highest BCUT2D eigenvalue weighted by molar-refractivity contribution is 6.21. The summed E-state index contributed by atoms with van der Waals surface area (Å²) >= 11 is 0. The van der Waals surface area contributed by atoms with Crippen molar-refractivity contribution in [2.24, 2.45) is 0 Å². The van der Waals surface area contributed by atoms with Crippen LogP contribution in [0.3, 0.4) is 0 Å². The molecule has 28 heavy (non-hydrogen) atoms. The summed E-state index contributed by atoms with van der Waals surface area (Å²) in [5.41, 5.74) is -0.149. The first-order valence-electron chi connectivity index (χ1n) is 11.8. The fraction of sp³-hybridized carbons (Fsp3) is 0.833. The fourth-order valence-corrected chi connectivity index (χ4v) is 3.92. The zero-order valence-electron chi connectivity index (χ0n) is 18.0. The third kappa shape index (κ3) is 10.4. The van der Waals surface area contributed by atoms with E-state index in [4.69, 9.17) is 0 Å². The van der Waals surface area contributed by atoms with E-state index in [2.05, 4.69) is 6.92 Å². The van der Waals surface area contributed by atoms with Crippen LogP contribution in [-0.2, 0) is 9.59 Å². The Kier molecular flexibility index (Phi) is 14.0. The first-order chi connectivity index (χ1) is 13.6. The van der Waals surface area contributed by atoms with Crippen molar-refractivity contribution in [2.45, 2.75) is 129 Å². The van der Waals surface area contributed by atoms with E-state index in [1.165, 1.54) is 77.0 Å². The van der Waals surface area contributed by atoms with Gasteiger partial charge in [0, 0.05) is 12.8 Å². The number of hydrogen-bond donors (Lipinski definition) is 2. The van der Waals surface area contributed by atoms with Gasteiger partial charge in [0.05, 0.1) is 0 Å². The lowest BCUT2D eigenvalue weighted by molar-refractivity contribution is -0.123. The summed E-state index contributed by atoms with van der Waals surface area (Å²) in [4.78, 5) is 24.0. The van der Waals surface area contributed by atoms with E-state index in [1.54, 1.807) is 0 Å². The summed E-state index contributed by atoms with van der Waals surface area (Å²) < 4.78 is 0. The normalized spacial score (nSPS) is 17.4. The molecule has 162 valence electrons. The van der Waals surface area contributed by atoms with Gasteiger partial charge in [-0.25, -0.2) is 0 Å². The van der Waals surface area contributed by atoms with Gasteiger partial charge in [-0.15, -0.1) is 0 Å². The zero-order valence-corrected chi connectivity index (χ0v) is 18.0. The Morgan fingerprint density at radius 2 is 1.25 bits per heavy atom. The predicted molar refractivity (Wildman–Crippen MR) is 114 cm³/mol. The second kappa shape index (κ2) is 15.7. The van der Waals surface area contributed by atoms with Crippen molar-refractivity contribution in [1.29, 1.82) is 0 Å². The fourth-order valence-electron chi connectivity index (χ4n) is 3.92. The average Bonchev–Trinajstić information content (AvgIpc) is 2.68. The molecular weight excluding hydrogens is 352 g/mol. The Labute approximate surface area is 171 Å². The van der Waals surface area contributed by atoms with Gasteiger partial charge in [0.2, 0.25) is 0 Å². The number of allylic oxidation sites excluding steroid dienone is 1. The van der Waals surface area contributed by atoms with Crippen molar-refractivity contribution in [1.82, 2.24) is 0 Å². The van der Waals surface area contributed by atoms with Crippen molar-refractivity contribution in [2.75, 3.05) is 0 Å². The van der Waals surface area contributed by atoms with E-state index in [-0.39, 0.29) is 36.4 Å². The maximum Gasteiger partial charge on any atom is 0.170 e. The van der Waals surface area contributed by atoms with Gasteiger partial charge < -0.3 is 10.2 Å². The lowest BCUT2D eigenvalue weighted by Crippen LogP contribution is -2.27. The molecule has 0 saturated heterocycles. The van der Waals surface area contributed by atoms with E-state index in [0.29, 0.717) is 0 Å². The van der Waals surface area contributed by atoms with Crippen LogP contribution in [0.2, 0.25) is 0 Å². The summed E-state index contributed by atoms with van der Waals surface area (Å²) in [5, 5.41) is 19.4. The molecule has 0 aromatic heterocycles. The molecule has 0 spiro atoms. The molecule has 0 aromatic carbocycles. The second-order valence-corrected chi connectivity index (χ2v) is 8.36. The number of ketones is 2. The van der Waals surface area contributed by atoms with Crippen LogP contribution < -0.4 is 0 Å². The lowest BCUT2D eigenvalue weighted by atomic mass is 9.89. The molecule has 4 nitrogen and oxygen atoms in total. The molecular formula is C24H42O4.